The van der Waals surface area contributed by atoms with Gasteiger partial charge in [-0.15, -0.1) is 0 Å². The highest BCUT2D eigenvalue weighted by Crippen LogP contribution is 2.30. The molecule has 0 unspecified atom stereocenters. The third-order valence-corrected chi connectivity index (χ3v) is 3.71. The molecular weight excluding hydrogens is 240 g/mol. The molecule has 0 bridgehead atoms. The van der Waals surface area contributed by atoms with E-state index in [-0.39, 0.29) is 0 Å². The molecular formula is C16H20O3. The van der Waals surface area contributed by atoms with Crippen molar-refractivity contribution in [1.82, 2.24) is 0 Å². The van der Waals surface area contributed by atoms with Gasteiger partial charge in [0.05, 0.1) is 12.0 Å². The van der Waals surface area contributed by atoms with Crippen molar-refractivity contribution in [2.45, 2.75) is 38.2 Å². The van der Waals surface area contributed by atoms with Gasteiger partial charge in [0, 0.05) is 0 Å². The lowest BCUT2D eigenvalue weighted by Gasteiger charge is -2.16. The summed E-state index contributed by atoms with van der Waals surface area (Å²) in [5.41, 5.74) is 1.96. The number of benzene rings is 1. The summed E-state index contributed by atoms with van der Waals surface area (Å²) in [7, 11) is 0. The van der Waals surface area contributed by atoms with Crippen molar-refractivity contribution < 1.29 is 15.0 Å². The van der Waals surface area contributed by atoms with E-state index in [9.17, 15) is 9.90 Å². The van der Waals surface area contributed by atoms with E-state index >= 15 is 0 Å². The van der Waals surface area contributed by atoms with Crippen molar-refractivity contribution in [3.8, 4) is 0 Å². The minimum Gasteiger partial charge on any atom is -0.481 e. The van der Waals surface area contributed by atoms with Gasteiger partial charge >= 0.3 is 5.97 Å². The Labute approximate surface area is 113 Å². The number of aliphatic carboxylic acids is 1. The Hall–Kier alpha value is -1.61. The Bertz CT molecular complexity index is 450. The molecule has 0 saturated carbocycles. The third-order valence-electron chi connectivity index (χ3n) is 3.71. The average Bonchev–Trinajstić information content (AvgIpc) is 2.89. The van der Waals surface area contributed by atoms with Crippen LogP contribution >= 0.6 is 0 Å². The van der Waals surface area contributed by atoms with Crippen LogP contribution in [-0.2, 0) is 11.2 Å². The molecule has 0 aliphatic heterocycles. The van der Waals surface area contributed by atoms with Crippen LogP contribution in [-0.4, -0.2) is 22.3 Å². The summed E-state index contributed by atoms with van der Waals surface area (Å²) in [6.07, 6.45) is 5.10. The molecule has 0 amide bonds. The smallest absolute Gasteiger partial charge is 0.310 e. The van der Waals surface area contributed by atoms with E-state index in [1.54, 1.807) is 0 Å². The molecule has 0 spiro atoms. The predicted molar refractivity (Wildman–Crippen MR) is 73.8 cm³/mol. The Balaban J connectivity index is 1.81. The first kappa shape index (κ1) is 13.8. The molecule has 0 radical (unpaired) electrons. The predicted octanol–water partition coefficient (Wildman–Crippen LogP) is 2.79. The van der Waals surface area contributed by atoms with Crippen molar-refractivity contribution in [2.75, 3.05) is 0 Å². The number of hydrogen-bond donors (Lipinski definition) is 2. The van der Waals surface area contributed by atoms with E-state index in [0.29, 0.717) is 18.4 Å². The highest BCUT2D eigenvalue weighted by Gasteiger charge is 2.29. The zero-order chi connectivity index (χ0) is 13.7. The van der Waals surface area contributed by atoms with Crippen LogP contribution < -0.4 is 0 Å². The van der Waals surface area contributed by atoms with E-state index in [1.807, 2.05) is 24.3 Å². The molecule has 2 atom stereocenters. The molecule has 0 fully saturated rings. The highest BCUT2D eigenvalue weighted by atomic mass is 16.4. The summed E-state index contributed by atoms with van der Waals surface area (Å²) in [5, 5.41) is 19.2. The summed E-state index contributed by atoms with van der Waals surface area (Å²) in [6, 6.07) is 10.1. The molecule has 102 valence electrons. The fraction of sp³-hybridized carbons (Fsp3) is 0.438. The second-order valence-corrected chi connectivity index (χ2v) is 5.07. The molecule has 2 rings (SSSR count). The lowest BCUT2D eigenvalue weighted by atomic mass is 9.93. The van der Waals surface area contributed by atoms with Gasteiger partial charge in [0.15, 0.2) is 0 Å². The van der Waals surface area contributed by atoms with Crippen molar-refractivity contribution in [1.29, 1.82) is 0 Å². The number of rotatable bonds is 6. The molecule has 0 heterocycles. The Kier molecular flexibility index (Phi) is 4.74. The molecule has 19 heavy (non-hydrogen) atoms. The van der Waals surface area contributed by atoms with E-state index in [1.165, 1.54) is 5.56 Å². The Morgan fingerprint density at radius 2 is 2.05 bits per heavy atom. The Morgan fingerprint density at radius 3 is 2.74 bits per heavy atom. The molecule has 0 aromatic heterocycles. The van der Waals surface area contributed by atoms with E-state index in [4.69, 9.17) is 5.11 Å². The molecule has 0 saturated heterocycles. The van der Waals surface area contributed by atoms with Gasteiger partial charge in [0.2, 0.25) is 0 Å². The van der Waals surface area contributed by atoms with Gasteiger partial charge in [-0.2, -0.15) is 0 Å². The van der Waals surface area contributed by atoms with Crippen LogP contribution in [0.25, 0.3) is 0 Å². The van der Waals surface area contributed by atoms with Gasteiger partial charge in [-0.05, 0) is 43.2 Å². The molecule has 1 aromatic rings. The summed E-state index contributed by atoms with van der Waals surface area (Å²) < 4.78 is 0. The van der Waals surface area contributed by atoms with E-state index in [2.05, 4.69) is 12.1 Å². The highest BCUT2D eigenvalue weighted by molar-refractivity contribution is 5.74. The van der Waals surface area contributed by atoms with Gasteiger partial charge in [-0.1, -0.05) is 36.4 Å². The standard InChI is InChI=1S/C16H20O3/c17-15(13-9-5-10-14(13)16(18)19)11-4-8-12-6-2-1-3-7-12/h1-3,6-7,9,14-15,17H,4-5,8,10-11H2,(H,18,19)/t14-,15-/m0/s1. The summed E-state index contributed by atoms with van der Waals surface area (Å²) in [4.78, 5) is 11.1. The molecule has 1 aromatic carbocycles. The minimum absolute atomic E-state index is 0.480. The van der Waals surface area contributed by atoms with Gasteiger partial charge < -0.3 is 10.2 Å². The number of aliphatic hydroxyl groups is 1. The first-order chi connectivity index (χ1) is 9.18. The number of carboxylic acids is 1. The number of carboxylic acid groups (broad SMARTS) is 1. The summed E-state index contributed by atoms with van der Waals surface area (Å²) in [6.45, 7) is 0. The average molecular weight is 260 g/mol. The maximum Gasteiger partial charge on any atom is 0.310 e. The lowest BCUT2D eigenvalue weighted by Crippen LogP contribution is -2.21. The van der Waals surface area contributed by atoms with Crippen LogP contribution in [0.4, 0.5) is 0 Å². The summed E-state index contributed by atoms with van der Waals surface area (Å²) in [5.74, 6) is -1.29. The number of aliphatic hydroxyl groups excluding tert-OH is 1. The second kappa shape index (κ2) is 6.53. The van der Waals surface area contributed by atoms with Crippen LogP contribution in [0.5, 0.6) is 0 Å². The number of aryl methyl sites for hydroxylation is 1. The van der Waals surface area contributed by atoms with Gasteiger partial charge in [0.25, 0.3) is 0 Å². The molecule has 1 aliphatic carbocycles. The monoisotopic (exact) mass is 260 g/mol. The van der Waals surface area contributed by atoms with Crippen molar-refractivity contribution in [3.05, 3.63) is 47.5 Å². The zero-order valence-corrected chi connectivity index (χ0v) is 11.0. The first-order valence-electron chi connectivity index (χ1n) is 6.83. The summed E-state index contributed by atoms with van der Waals surface area (Å²) >= 11 is 0. The largest absolute Gasteiger partial charge is 0.481 e. The topological polar surface area (TPSA) is 57.5 Å². The van der Waals surface area contributed by atoms with Gasteiger partial charge in [-0.3, -0.25) is 4.79 Å². The molecule has 1 aliphatic rings. The molecule has 3 nitrogen and oxygen atoms in total. The Morgan fingerprint density at radius 1 is 1.32 bits per heavy atom. The quantitative estimate of drug-likeness (QED) is 0.773. The third kappa shape index (κ3) is 3.67. The zero-order valence-electron chi connectivity index (χ0n) is 11.0. The number of carbonyl (C=O) groups is 1. The lowest BCUT2D eigenvalue weighted by molar-refractivity contribution is -0.140. The fourth-order valence-corrected chi connectivity index (χ4v) is 2.67. The van der Waals surface area contributed by atoms with E-state index in [0.717, 1.165) is 19.3 Å². The van der Waals surface area contributed by atoms with Crippen molar-refractivity contribution in [2.24, 2.45) is 5.92 Å². The van der Waals surface area contributed by atoms with E-state index < -0.39 is 18.0 Å². The molecule has 3 heteroatoms. The van der Waals surface area contributed by atoms with Gasteiger partial charge in [0.1, 0.15) is 0 Å². The second-order valence-electron chi connectivity index (χ2n) is 5.07. The van der Waals surface area contributed by atoms with Crippen LogP contribution in [0.3, 0.4) is 0 Å². The first-order valence-corrected chi connectivity index (χ1v) is 6.83. The number of hydrogen-bond acceptors (Lipinski definition) is 2. The van der Waals surface area contributed by atoms with Crippen LogP contribution in [0, 0.1) is 5.92 Å². The molecule has 2 N–H and O–H groups in total. The normalized spacial score (nSPS) is 20.1. The van der Waals surface area contributed by atoms with Crippen molar-refractivity contribution in [3.63, 3.8) is 0 Å². The maximum absolute atomic E-state index is 11.1. The SMILES string of the molecule is O=C(O)[C@H]1CCC=C1[C@@H](O)CCCc1ccccc1. The van der Waals surface area contributed by atoms with Crippen LogP contribution in [0.2, 0.25) is 0 Å². The van der Waals surface area contributed by atoms with Gasteiger partial charge in [-0.25, -0.2) is 0 Å². The fourth-order valence-electron chi connectivity index (χ4n) is 2.67. The number of allylic oxidation sites excluding steroid dienone is 1. The minimum atomic E-state index is -0.814. The van der Waals surface area contributed by atoms with Crippen LogP contribution in [0.1, 0.15) is 31.2 Å². The maximum atomic E-state index is 11.1. The van der Waals surface area contributed by atoms with Crippen LogP contribution in [0.15, 0.2) is 42.0 Å². The van der Waals surface area contributed by atoms with Crippen molar-refractivity contribution >= 4 is 5.97 Å².